The van der Waals surface area contributed by atoms with Crippen molar-refractivity contribution in [3.05, 3.63) is 12.2 Å². The Kier molecular flexibility index (Phi) is 59.3. The Morgan fingerprint density at radius 2 is 0.688 bits per heavy atom. The molecule has 0 aromatic rings. The van der Waals surface area contributed by atoms with Gasteiger partial charge < -0.3 is 19.8 Å². The van der Waals surface area contributed by atoms with Crippen LogP contribution in [0.4, 0.5) is 0 Å². The molecule has 1 amide bonds. The molecule has 0 aliphatic rings. The topological polar surface area (TPSA) is 105 Å². The Morgan fingerprint density at radius 3 is 0.961 bits per heavy atom. The van der Waals surface area contributed by atoms with Crippen molar-refractivity contribution in [3.63, 3.8) is 0 Å². The summed E-state index contributed by atoms with van der Waals surface area (Å²) in [6.45, 7) is 4.89. The zero-order valence-electron chi connectivity index (χ0n) is 52.7. The number of rotatable bonds is 65. The van der Waals surface area contributed by atoms with Gasteiger partial charge in [-0.15, -0.1) is 0 Å². The molecule has 3 unspecified atom stereocenters. The van der Waals surface area contributed by atoms with E-state index in [-0.39, 0.29) is 19.1 Å². The first-order valence-corrected chi connectivity index (χ1v) is 36.1. The average Bonchev–Trinajstić information content (AvgIpc) is 3.39. The molecule has 0 heterocycles. The maximum atomic E-state index is 13.0. The van der Waals surface area contributed by atoms with Crippen molar-refractivity contribution >= 4 is 13.7 Å². The van der Waals surface area contributed by atoms with Crippen LogP contribution >= 0.6 is 7.82 Å². The molecule has 0 rings (SSSR count). The van der Waals surface area contributed by atoms with E-state index in [1.807, 2.05) is 27.2 Å². The lowest BCUT2D eigenvalue weighted by Gasteiger charge is -2.25. The Bertz CT molecular complexity index is 1260. The predicted molar refractivity (Wildman–Crippen MR) is 337 cm³/mol. The van der Waals surface area contributed by atoms with E-state index in [1.54, 1.807) is 6.08 Å². The summed E-state index contributed by atoms with van der Waals surface area (Å²) in [5.74, 6) is -0.167. The molecular formula is C68H138N2O6P+. The predicted octanol–water partition coefficient (Wildman–Crippen LogP) is 21.7. The second-order valence-corrected chi connectivity index (χ2v) is 26.7. The molecular weight excluding hydrogens is 972 g/mol. The number of phosphoric ester groups is 1. The number of hydrogen-bond donors (Lipinski definition) is 3. The fourth-order valence-electron chi connectivity index (χ4n) is 10.9. The number of carbonyl (C=O) groups is 1. The van der Waals surface area contributed by atoms with Gasteiger partial charge in [0.05, 0.1) is 39.9 Å². The lowest BCUT2D eigenvalue weighted by atomic mass is 10.0. The number of nitrogens with zero attached hydrogens (tertiary/aromatic N) is 1. The third-order valence-corrected chi connectivity index (χ3v) is 17.2. The standard InChI is InChI=1S/C68H137N2O6P/c1-6-8-10-12-14-16-18-20-22-24-26-28-29-30-31-32-33-34-35-36-37-38-39-40-42-44-46-48-50-52-54-56-58-60-62-68(72)69-66(65-76-77(73,74)75-64-63-70(3,4)5)67(71)61-59-57-55-53-51-49-47-45-43-41-27-25-23-21-19-17-15-13-11-9-7-2/h59,61,66-67,71H,6-58,60,62-65H2,1-5H3,(H-,69,72,73,74)/p+1/b61-59+. The lowest BCUT2D eigenvalue weighted by molar-refractivity contribution is -0.870. The van der Waals surface area contributed by atoms with E-state index in [4.69, 9.17) is 9.05 Å². The number of amides is 1. The van der Waals surface area contributed by atoms with E-state index >= 15 is 0 Å². The Labute approximate surface area is 482 Å². The number of unbranched alkanes of at least 4 members (excludes halogenated alkanes) is 52. The third kappa shape index (κ3) is 62.7. The highest BCUT2D eigenvalue weighted by Gasteiger charge is 2.28. The van der Waals surface area contributed by atoms with Gasteiger partial charge in [0.15, 0.2) is 0 Å². The number of likely N-dealkylation sites (N-methyl/N-ethyl adjacent to an activating group) is 1. The van der Waals surface area contributed by atoms with E-state index in [0.717, 1.165) is 32.1 Å². The van der Waals surface area contributed by atoms with Crippen LogP contribution in [0.15, 0.2) is 12.2 Å². The largest absolute Gasteiger partial charge is 0.472 e. The highest BCUT2D eigenvalue weighted by Crippen LogP contribution is 2.43. The molecule has 0 spiro atoms. The van der Waals surface area contributed by atoms with Crippen molar-refractivity contribution in [2.75, 3.05) is 40.9 Å². The molecule has 8 nitrogen and oxygen atoms in total. The van der Waals surface area contributed by atoms with E-state index in [1.165, 1.54) is 315 Å². The maximum Gasteiger partial charge on any atom is 0.472 e. The molecule has 0 aliphatic heterocycles. The molecule has 0 radical (unpaired) electrons. The fourth-order valence-corrected chi connectivity index (χ4v) is 11.6. The van der Waals surface area contributed by atoms with E-state index in [2.05, 4.69) is 19.2 Å². The van der Waals surface area contributed by atoms with Crippen molar-refractivity contribution in [1.82, 2.24) is 5.32 Å². The van der Waals surface area contributed by atoms with Crippen LogP contribution in [0.3, 0.4) is 0 Å². The zero-order valence-corrected chi connectivity index (χ0v) is 53.6. The first-order valence-electron chi connectivity index (χ1n) is 34.6. The maximum absolute atomic E-state index is 13.0. The molecule has 3 N–H and O–H groups in total. The number of nitrogens with one attached hydrogen (secondary N) is 1. The van der Waals surface area contributed by atoms with E-state index in [9.17, 15) is 19.4 Å². The normalized spacial score (nSPS) is 13.7. The van der Waals surface area contributed by atoms with Crippen LogP contribution in [0.1, 0.15) is 367 Å². The second-order valence-electron chi connectivity index (χ2n) is 25.3. The van der Waals surface area contributed by atoms with Gasteiger partial charge in [-0.3, -0.25) is 13.8 Å². The monoisotopic (exact) mass is 1110 g/mol. The minimum absolute atomic E-state index is 0.0654. The average molecular weight is 1110 g/mol. The van der Waals surface area contributed by atoms with Crippen molar-refractivity contribution in [3.8, 4) is 0 Å². The second kappa shape index (κ2) is 59.8. The van der Waals surface area contributed by atoms with Crippen LogP contribution in [-0.2, 0) is 18.4 Å². The summed E-state index contributed by atoms with van der Waals surface area (Å²) in [7, 11) is 1.59. The minimum Gasteiger partial charge on any atom is -0.387 e. The van der Waals surface area contributed by atoms with Gasteiger partial charge in [0, 0.05) is 6.42 Å². The molecule has 0 aromatic heterocycles. The SMILES string of the molecule is CCCCCCCCCCCCCCCCCCCCC/C=C/C(O)C(COP(=O)(O)OCC[N+](C)(C)C)NC(=O)CCCCCCCCCCCCCCCCCCCCCCCCCCCCCCCCCCCC. The number of hydrogen-bond acceptors (Lipinski definition) is 5. The number of carbonyl (C=O) groups excluding carboxylic acids is 1. The molecule has 9 heteroatoms. The molecule has 0 aromatic carbocycles. The molecule has 0 bridgehead atoms. The van der Waals surface area contributed by atoms with Crippen LogP contribution < -0.4 is 5.32 Å². The molecule has 0 aliphatic carbocycles. The summed E-state index contributed by atoms with van der Waals surface area (Å²) < 4.78 is 23.8. The zero-order chi connectivity index (χ0) is 56.3. The number of quaternary nitrogens is 1. The first-order chi connectivity index (χ1) is 37.5. The molecule has 77 heavy (non-hydrogen) atoms. The number of aliphatic hydroxyl groups excluding tert-OH is 1. The highest BCUT2D eigenvalue weighted by atomic mass is 31.2. The minimum atomic E-state index is -4.35. The summed E-state index contributed by atoms with van der Waals surface area (Å²) >= 11 is 0. The number of phosphoric acid groups is 1. The van der Waals surface area contributed by atoms with Gasteiger partial charge >= 0.3 is 7.82 Å². The van der Waals surface area contributed by atoms with Crippen LogP contribution in [-0.4, -0.2) is 73.4 Å². The van der Waals surface area contributed by atoms with Crippen LogP contribution in [0.5, 0.6) is 0 Å². The van der Waals surface area contributed by atoms with E-state index < -0.39 is 20.0 Å². The lowest BCUT2D eigenvalue weighted by Crippen LogP contribution is -2.45. The summed E-state index contributed by atoms with van der Waals surface area (Å²) in [4.78, 5) is 23.4. The molecule has 460 valence electrons. The Balaban J connectivity index is 3.98. The van der Waals surface area contributed by atoms with Gasteiger partial charge in [0.1, 0.15) is 13.2 Å². The van der Waals surface area contributed by atoms with Crippen molar-refractivity contribution in [1.29, 1.82) is 0 Å². The van der Waals surface area contributed by atoms with Crippen molar-refractivity contribution < 1.29 is 32.9 Å². The van der Waals surface area contributed by atoms with Gasteiger partial charge in [-0.1, -0.05) is 353 Å². The smallest absolute Gasteiger partial charge is 0.387 e. The van der Waals surface area contributed by atoms with Crippen LogP contribution in [0, 0.1) is 0 Å². The summed E-state index contributed by atoms with van der Waals surface area (Å²) in [5, 5.41) is 14.0. The summed E-state index contributed by atoms with van der Waals surface area (Å²) in [6, 6.07) is -0.843. The van der Waals surface area contributed by atoms with Crippen molar-refractivity contribution in [2.24, 2.45) is 0 Å². The highest BCUT2D eigenvalue weighted by molar-refractivity contribution is 7.47. The third-order valence-electron chi connectivity index (χ3n) is 16.3. The van der Waals surface area contributed by atoms with Crippen LogP contribution in [0.25, 0.3) is 0 Å². The molecule has 0 saturated carbocycles. The Hall–Kier alpha value is -0.760. The fraction of sp³-hybridized carbons (Fsp3) is 0.956. The van der Waals surface area contributed by atoms with E-state index in [0.29, 0.717) is 17.4 Å². The van der Waals surface area contributed by atoms with Crippen molar-refractivity contribution in [2.45, 2.75) is 379 Å². The Morgan fingerprint density at radius 1 is 0.429 bits per heavy atom. The first kappa shape index (κ1) is 76.2. The molecule has 3 atom stereocenters. The van der Waals surface area contributed by atoms with Gasteiger partial charge in [0.2, 0.25) is 5.91 Å². The number of aliphatic hydroxyl groups is 1. The van der Waals surface area contributed by atoms with Crippen LogP contribution in [0.2, 0.25) is 0 Å². The number of allylic oxidation sites excluding steroid dienone is 1. The summed E-state index contributed by atoms with van der Waals surface area (Å²) in [6.07, 6.45) is 76.5. The van der Waals surface area contributed by atoms with Gasteiger partial charge in [-0.05, 0) is 19.3 Å². The van der Waals surface area contributed by atoms with Gasteiger partial charge in [-0.2, -0.15) is 0 Å². The molecule has 0 saturated heterocycles. The van der Waals surface area contributed by atoms with Gasteiger partial charge in [-0.25, -0.2) is 4.57 Å². The molecule has 0 fully saturated rings. The quantitative estimate of drug-likeness (QED) is 0.0243. The summed E-state index contributed by atoms with van der Waals surface area (Å²) in [5.41, 5.74) is 0. The van der Waals surface area contributed by atoms with Gasteiger partial charge in [0.25, 0.3) is 0 Å².